The highest BCUT2D eigenvalue weighted by Gasteiger charge is 2.27. The lowest BCUT2D eigenvalue weighted by Gasteiger charge is -2.35. The summed E-state index contributed by atoms with van der Waals surface area (Å²) in [4.78, 5) is 50.7. The Morgan fingerprint density at radius 3 is 2.59 bits per heavy atom. The van der Waals surface area contributed by atoms with E-state index >= 15 is 0 Å². The summed E-state index contributed by atoms with van der Waals surface area (Å²) in [6.45, 7) is 4.03. The number of nitro benzene ring substituents is 1. The maximum absolute atomic E-state index is 12.6. The van der Waals surface area contributed by atoms with Crippen molar-refractivity contribution in [1.82, 2.24) is 15.5 Å². The van der Waals surface area contributed by atoms with Crippen LogP contribution in [0.15, 0.2) is 18.2 Å². The second-order valence-electron chi connectivity index (χ2n) is 7.27. The number of nitro groups is 1. The van der Waals surface area contributed by atoms with Crippen molar-refractivity contribution in [2.24, 2.45) is 0 Å². The summed E-state index contributed by atoms with van der Waals surface area (Å²) in [5, 5.41) is 17.0. The van der Waals surface area contributed by atoms with Crippen LogP contribution in [-0.2, 0) is 9.59 Å². The Morgan fingerprint density at radius 2 is 1.93 bits per heavy atom. The number of carbonyl (C=O) groups is 3. The highest BCUT2D eigenvalue weighted by atomic mass is 16.6. The molecule has 1 aromatic carbocycles. The average molecular weight is 403 g/mol. The fourth-order valence-electron chi connectivity index (χ4n) is 3.66. The molecule has 0 saturated carbocycles. The Labute approximate surface area is 168 Å². The van der Waals surface area contributed by atoms with Crippen LogP contribution < -0.4 is 15.5 Å². The summed E-state index contributed by atoms with van der Waals surface area (Å²) < 4.78 is 0. The first-order valence-electron chi connectivity index (χ1n) is 9.74. The number of amides is 3. The highest BCUT2D eigenvalue weighted by molar-refractivity contribution is 5.98. The van der Waals surface area contributed by atoms with Crippen molar-refractivity contribution < 1.29 is 19.3 Å². The van der Waals surface area contributed by atoms with Gasteiger partial charge in [-0.25, -0.2) is 0 Å². The molecule has 29 heavy (non-hydrogen) atoms. The van der Waals surface area contributed by atoms with Crippen molar-refractivity contribution in [3.63, 3.8) is 0 Å². The Bertz CT molecular complexity index is 819. The van der Waals surface area contributed by atoms with Crippen LogP contribution >= 0.6 is 0 Å². The monoisotopic (exact) mass is 403 g/mol. The Morgan fingerprint density at radius 1 is 1.21 bits per heavy atom. The van der Waals surface area contributed by atoms with Gasteiger partial charge in [-0.3, -0.25) is 24.5 Å². The molecule has 10 nitrogen and oxygen atoms in total. The molecule has 2 saturated heterocycles. The number of hydrogen-bond donors (Lipinski definition) is 2. The van der Waals surface area contributed by atoms with Gasteiger partial charge in [-0.05, 0) is 31.4 Å². The molecule has 0 aromatic heterocycles. The molecule has 0 aliphatic carbocycles. The van der Waals surface area contributed by atoms with Crippen molar-refractivity contribution in [3.05, 3.63) is 33.9 Å². The highest BCUT2D eigenvalue weighted by Crippen LogP contribution is 2.30. The fraction of sp³-hybridized carbons (Fsp3) is 0.526. The summed E-state index contributed by atoms with van der Waals surface area (Å²) >= 11 is 0. The van der Waals surface area contributed by atoms with Gasteiger partial charge in [-0.2, -0.15) is 0 Å². The first kappa shape index (κ1) is 20.6. The molecule has 2 N–H and O–H groups in total. The number of piperazine rings is 1. The third kappa shape index (κ3) is 4.82. The summed E-state index contributed by atoms with van der Waals surface area (Å²) in [5.41, 5.74) is 0.390. The SMILES string of the molecule is CC(=O)N1CCN(c2ccc(C(=O)N[C@@H]3CCCCNC3=O)cc2[N+](=O)[O-])CC1. The molecule has 2 heterocycles. The zero-order chi connectivity index (χ0) is 21.0. The van der Waals surface area contributed by atoms with Crippen molar-refractivity contribution in [2.75, 3.05) is 37.6 Å². The molecule has 1 aromatic rings. The standard InChI is InChI=1S/C19H25N5O5/c1-13(25)22-8-10-23(11-9-22)16-6-5-14(12-17(16)24(28)29)18(26)21-15-4-2-3-7-20-19(15)27/h5-6,12,15H,2-4,7-11H2,1H3,(H,20,27)(H,21,26)/t15-/m1/s1. The van der Waals surface area contributed by atoms with Gasteiger partial charge in [0, 0.05) is 51.3 Å². The molecule has 3 rings (SSSR count). The molecule has 3 amide bonds. The first-order chi connectivity index (χ1) is 13.9. The molecule has 0 bridgehead atoms. The minimum Gasteiger partial charge on any atom is -0.362 e. The van der Waals surface area contributed by atoms with Crippen molar-refractivity contribution in [1.29, 1.82) is 0 Å². The van der Waals surface area contributed by atoms with E-state index in [9.17, 15) is 24.5 Å². The van der Waals surface area contributed by atoms with Gasteiger partial charge >= 0.3 is 0 Å². The maximum Gasteiger partial charge on any atom is 0.293 e. The van der Waals surface area contributed by atoms with Crippen LogP contribution in [0.3, 0.4) is 0 Å². The van der Waals surface area contributed by atoms with Gasteiger partial charge in [0.2, 0.25) is 11.8 Å². The summed E-state index contributed by atoms with van der Waals surface area (Å²) in [6.07, 6.45) is 2.21. The number of hydrogen-bond acceptors (Lipinski definition) is 6. The molecule has 1 atom stereocenters. The molecule has 10 heteroatoms. The topological polar surface area (TPSA) is 125 Å². The molecule has 0 radical (unpaired) electrons. The largest absolute Gasteiger partial charge is 0.362 e. The third-order valence-electron chi connectivity index (χ3n) is 5.34. The van der Waals surface area contributed by atoms with Crippen LogP contribution in [0.1, 0.15) is 36.5 Å². The Hall–Kier alpha value is -3.17. The Kier molecular flexibility index (Phi) is 6.30. The van der Waals surface area contributed by atoms with Gasteiger partial charge in [-0.15, -0.1) is 0 Å². The summed E-state index contributed by atoms with van der Waals surface area (Å²) in [7, 11) is 0. The smallest absolute Gasteiger partial charge is 0.293 e. The van der Waals surface area contributed by atoms with Crippen LogP contribution in [-0.4, -0.2) is 66.3 Å². The molecule has 156 valence electrons. The van der Waals surface area contributed by atoms with Crippen molar-refractivity contribution >= 4 is 29.1 Å². The minimum absolute atomic E-state index is 0.0197. The van der Waals surface area contributed by atoms with Gasteiger partial charge in [0.1, 0.15) is 11.7 Å². The molecular weight excluding hydrogens is 378 g/mol. The fourth-order valence-corrected chi connectivity index (χ4v) is 3.66. The van der Waals surface area contributed by atoms with Gasteiger partial charge in [0.05, 0.1) is 4.92 Å². The number of nitrogens with zero attached hydrogens (tertiary/aromatic N) is 3. The number of benzene rings is 1. The third-order valence-corrected chi connectivity index (χ3v) is 5.34. The number of carbonyl (C=O) groups excluding carboxylic acids is 3. The van der Waals surface area contributed by atoms with Crippen LogP contribution in [0, 0.1) is 10.1 Å². The predicted molar refractivity (Wildman–Crippen MR) is 106 cm³/mol. The van der Waals surface area contributed by atoms with Crippen LogP contribution in [0.25, 0.3) is 0 Å². The number of rotatable bonds is 4. The van der Waals surface area contributed by atoms with E-state index in [1.165, 1.54) is 19.1 Å². The van der Waals surface area contributed by atoms with E-state index in [0.29, 0.717) is 44.8 Å². The zero-order valence-corrected chi connectivity index (χ0v) is 16.3. The lowest BCUT2D eigenvalue weighted by Crippen LogP contribution is -2.48. The average Bonchev–Trinajstić information content (AvgIpc) is 2.91. The summed E-state index contributed by atoms with van der Waals surface area (Å²) in [5.74, 6) is -0.762. The van der Waals surface area contributed by atoms with E-state index in [1.54, 1.807) is 11.0 Å². The van der Waals surface area contributed by atoms with Crippen molar-refractivity contribution in [3.8, 4) is 0 Å². The van der Waals surface area contributed by atoms with Gasteiger partial charge in [-0.1, -0.05) is 0 Å². The predicted octanol–water partition coefficient (Wildman–Crippen LogP) is 0.662. The van der Waals surface area contributed by atoms with E-state index in [0.717, 1.165) is 12.8 Å². The number of nitrogens with one attached hydrogen (secondary N) is 2. The van der Waals surface area contributed by atoms with E-state index < -0.39 is 16.9 Å². The molecular formula is C19H25N5O5. The van der Waals surface area contributed by atoms with Gasteiger partial charge in [0.25, 0.3) is 11.6 Å². The van der Waals surface area contributed by atoms with Gasteiger partial charge < -0.3 is 20.4 Å². The summed E-state index contributed by atoms with van der Waals surface area (Å²) in [6, 6.07) is 3.70. The lowest BCUT2D eigenvalue weighted by molar-refractivity contribution is -0.384. The Balaban J connectivity index is 1.75. The van der Waals surface area contributed by atoms with Crippen LogP contribution in [0.5, 0.6) is 0 Å². The molecule has 2 aliphatic heterocycles. The second kappa shape index (κ2) is 8.89. The zero-order valence-electron chi connectivity index (χ0n) is 16.3. The van der Waals surface area contributed by atoms with E-state index in [-0.39, 0.29) is 23.1 Å². The van der Waals surface area contributed by atoms with Crippen LogP contribution in [0.4, 0.5) is 11.4 Å². The van der Waals surface area contributed by atoms with Crippen molar-refractivity contribution in [2.45, 2.75) is 32.2 Å². The minimum atomic E-state index is -0.636. The molecule has 2 fully saturated rings. The van der Waals surface area contributed by atoms with E-state index in [4.69, 9.17) is 0 Å². The lowest BCUT2D eigenvalue weighted by atomic mass is 10.1. The van der Waals surface area contributed by atoms with Crippen LogP contribution in [0.2, 0.25) is 0 Å². The van der Waals surface area contributed by atoms with E-state index in [1.807, 2.05) is 4.90 Å². The molecule has 0 unspecified atom stereocenters. The maximum atomic E-state index is 12.6. The molecule has 0 spiro atoms. The van der Waals surface area contributed by atoms with Gasteiger partial charge in [0.15, 0.2) is 0 Å². The first-order valence-corrected chi connectivity index (χ1v) is 9.74. The normalized spacial score (nSPS) is 19.9. The van der Waals surface area contributed by atoms with E-state index in [2.05, 4.69) is 10.6 Å². The number of anilines is 1. The second-order valence-corrected chi connectivity index (χ2v) is 7.27. The quantitative estimate of drug-likeness (QED) is 0.562. The molecule has 2 aliphatic rings.